The molecule has 0 aliphatic carbocycles. The molecule has 2 aromatic heterocycles. The van der Waals surface area contributed by atoms with E-state index in [4.69, 9.17) is 0 Å². The molecular formula is C49H31N3. The van der Waals surface area contributed by atoms with E-state index in [1.54, 1.807) is 0 Å². The Balaban J connectivity index is 1.20. The third-order valence-electron chi connectivity index (χ3n) is 10.3. The van der Waals surface area contributed by atoms with Crippen LogP contribution in [0.1, 0.15) is 5.56 Å². The van der Waals surface area contributed by atoms with Crippen molar-refractivity contribution in [3.8, 4) is 50.8 Å². The zero-order valence-electron chi connectivity index (χ0n) is 28.2. The molecule has 3 nitrogen and oxygen atoms in total. The smallest absolute Gasteiger partial charge is 0.0992 e. The van der Waals surface area contributed by atoms with Crippen molar-refractivity contribution >= 4 is 43.6 Å². The predicted octanol–water partition coefficient (Wildman–Crippen LogP) is 12.8. The van der Waals surface area contributed by atoms with Crippen LogP contribution in [0.4, 0.5) is 0 Å². The van der Waals surface area contributed by atoms with Gasteiger partial charge in [-0.25, -0.2) is 0 Å². The minimum Gasteiger partial charge on any atom is -0.309 e. The average Bonchev–Trinajstić information content (AvgIpc) is 3.73. The largest absolute Gasteiger partial charge is 0.309 e. The van der Waals surface area contributed by atoms with Crippen molar-refractivity contribution in [1.29, 1.82) is 5.26 Å². The maximum atomic E-state index is 9.69. The average molecular weight is 662 g/mol. The first-order chi connectivity index (χ1) is 25.7. The lowest BCUT2D eigenvalue weighted by Crippen LogP contribution is -1.98. The lowest BCUT2D eigenvalue weighted by Gasteiger charge is -2.16. The van der Waals surface area contributed by atoms with E-state index in [1.165, 1.54) is 49.3 Å². The number of aromatic nitrogens is 2. The summed E-state index contributed by atoms with van der Waals surface area (Å²) in [7, 11) is 0. The number of nitriles is 1. The van der Waals surface area contributed by atoms with Crippen LogP contribution >= 0.6 is 0 Å². The van der Waals surface area contributed by atoms with Crippen molar-refractivity contribution in [2.75, 3.05) is 0 Å². The van der Waals surface area contributed by atoms with Gasteiger partial charge in [0.25, 0.3) is 0 Å². The fourth-order valence-electron chi connectivity index (χ4n) is 7.94. The van der Waals surface area contributed by atoms with Crippen molar-refractivity contribution < 1.29 is 0 Å². The number of benzene rings is 8. The van der Waals surface area contributed by atoms with Crippen molar-refractivity contribution in [3.05, 3.63) is 194 Å². The number of para-hydroxylation sites is 2. The molecule has 0 spiro atoms. The first-order valence-corrected chi connectivity index (χ1v) is 17.6. The molecule has 0 unspecified atom stereocenters. The predicted molar refractivity (Wildman–Crippen MR) is 216 cm³/mol. The standard InChI is InChI=1S/C49H31N3/c50-32-33-12-11-17-39(28-33)51-45-20-9-7-18-41(45)43-26-23-38(31-49(43)51)36-24-27-47-44(29-36)42-19-8-10-21-46(42)52(47)48-30-37(34-13-3-1-4-14-34)22-25-40(48)35-15-5-2-6-16-35/h1-31H. The van der Waals surface area contributed by atoms with Crippen LogP contribution in [-0.4, -0.2) is 9.13 Å². The molecule has 0 amide bonds. The van der Waals surface area contributed by atoms with Gasteiger partial charge in [0.05, 0.1) is 39.4 Å². The molecule has 0 atom stereocenters. The summed E-state index contributed by atoms with van der Waals surface area (Å²) in [6.07, 6.45) is 0. The highest BCUT2D eigenvalue weighted by atomic mass is 15.0. The fourth-order valence-corrected chi connectivity index (χ4v) is 7.94. The third kappa shape index (κ3) is 4.74. The van der Waals surface area contributed by atoms with Gasteiger partial charge in [-0.3, -0.25) is 0 Å². The second-order valence-corrected chi connectivity index (χ2v) is 13.3. The summed E-state index contributed by atoms with van der Waals surface area (Å²) in [5, 5.41) is 14.5. The highest BCUT2D eigenvalue weighted by Crippen LogP contribution is 2.41. The topological polar surface area (TPSA) is 33.6 Å². The van der Waals surface area contributed by atoms with Gasteiger partial charge < -0.3 is 9.13 Å². The zero-order chi connectivity index (χ0) is 34.6. The quantitative estimate of drug-likeness (QED) is 0.181. The van der Waals surface area contributed by atoms with E-state index in [2.05, 4.69) is 185 Å². The molecule has 10 aromatic rings. The van der Waals surface area contributed by atoms with E-state index < -0.39 is 0 Å². The Kier molecular flexibility index (Phi) is 6.87. The van der Waals surface area contributed by atoms with Gasteiger partial charge in [-0.1, -0.05) is 133 Å². The fraction of sp³-hybridized carbons (Fsp3) is 0. The molecule has 0 N–H and O–H groups in total. The molecule has 3 heteroatoms. The van der Waals surface area contributed by atoms with E-state index in [0.29, 0.717) is 5.56 Å². The van der Waals surface area contributed by atoms with Crippen molar-refractivity contribution in [2.24, 2.45) is 0 Å². The number of rotatable bonds is 5. The summed E-state index contributed by atoms with van der Waals surface area (Å²) in [6.45, 7) is 0. The molecule has 0 aliphatic heterocycles. The minimum atomic E-state index is 0.645. The van der Waals surface area contributed by atoms with E-state index in [-0.39, 0.29) is 0 Å². The molecule has 0 radical (unpaired) electrons. The van der Waals surface area contributed by atoms with Crippen LogP contribution in [0.2, 0.25) is 0 Å². The zero-order valence-corrected chi connectivity index (χ0v) is 28.2. The summed E-state index contributed by atoms with van der Waals surface area (Å²) in [4.78, 5) is 0. The molecule has 0 aliphatic rings. The second-order valence-electron chi connectivity index (χ2n) is 13.3. The molecule has 0 saturated heterocycles. The Bertz CT molecular complexity index is 3010. The van der Waals surface area contributed by atoms with Gasteiger partial charge in [0.15, 0.2) is 0 Å². The van der Waals surface area contributed by atoms with Crippen LogP contribution in [0.15, 0.2) is 188 Å². The maximum Gasteiger partial charge on any atom is 0.0992 e. The Labute approximate surface area is 301 Å². The van der Waals surface area contributed by atoms with Crippen LogP contribution in [0.5, 0.6) is 0 Å². The Morgan fingerprint density at radius 2 is 0.923 bits per heavy atom. The summed E-state index contributed by atoms with van der Waals surface area (Å²) in [5.41, 5.74) is 14.4. The van der Waals surface area contributed by atoms with Gasteiger partial charge in [0, 0.05) is 32.8 Å². The molecule has 52 heavy (non-hydrogen) atoms. The van der Waals surface area contributed by atoms with E-state index in [9.17, 15) is 5.26 Å². The van der Waals surface area contributed by atoms with E-state index >= 15 is 0 Å². The maximum absolute atomic E-state index is 9.69. The van der Waals surface area contributed by atoms with E-state index in [1.807, 2.05) is 18.2 Å². The van der Waals surface area contributed by atoms with Gasteiger partial charge in [-0.05, 0) is 82.4 Å². The second kappa shape index (κ2) is 12.0. The van der Waals surface area contributed by atoms with Gasteiger partial charge in [0.1, 0.15) is 0 Å². The van der Waals surface area contributed by atoms with Crippen LogP contribution in [0, 0.1) is 11.3 Å². The molecule has 0 bridgehead atoms. The molecule has 10 rings (SSSR count). The molecule has 242 valence electrons. The Morgan fingerprint density at radius 1 is 0.346 bits per heavy atom. The van der Waals surface area contributed by atoms with Crippen molar-refractivity contribution in [1.82, 2.24) is 9.13 Å². The summed E-state index contributed by atoms with van der Waals surface area (Å²) >= 11 is 0. The highest BCUT2D eigenvalue weighted by molar-refractivity contribution is 6.13. The number of fused-ring (bicyclic) bond motifs is 6. The third-order valence-corrected chi connectivity index (χ3v) is 10.3. The molecule has 0 saturated carbocycles. The molecule has 8 aromatic carbocycles. The van der Waals surface area contributed by atoms with Crippen molar-refractivity contribution in [3.63, 3.8) is 0 Å². The van der Waals surface area contributed by atoms with Crippen LogP contribution in [0.25, 0.3) is 88.4 Å². The molecule has 0 fully saturated rings. The minimum absolute atomic E-state index is 0.645. The Morgan fingerprint density at radius 3 is 1.69 bits per heavy atom. The first-order valence-electron chi connectivity index (χ1n) is 17.6. The van der Waals surface area contributed by atoms with Crippen molar-refractivity contribution in [2.45, 2.75) is 0 Å². The summed E-state index contributed by atoms with van der Waals surface area (Å²) < 4.78 is 4.72. The van der Waals surface area contributed by atoms with Gasteiger partial charge in [-0.2, -0.15) is 5.26 Å². The summed E-state index contributed by atoms with van der Waals surface area (Å²) in [5.74, 6) is 0. The molecule has 2 heterocycles. The van der Waals surface area contributed by atoms with Gasteiger partial charge in [0.2, 0.25) is 0 Å². The number of nitrogens with zero attached hydrogens (tertiary/aromatic N) is 3. The van der Waals surface area contributed by atoms with Crippen LogP contribution in [-0.2, 0) is 0 Å². The lowest BCUT2D eigenvalue weighted by molar-refractivity contribution is 1.18. The lowest BCUT2D eigenvalue weighted by atomic mass is 9.98. The monoisotopic (exact) mass is 661 g/mol. The van der Waals surface area contributed by atoms with Gasteiger partial charge >= 0.3 is 0 Å². The normalized spacial score (nSPS) is 11.4. The number of hydrogen-bond donors (Lipinski definition) is 0. The van der Waals surface area contributed by atoms with Gasteiger partial charge in [-0.15, -0.1) is 0 Å². The SMILES string of the molecule is N#Cc1cccc(-n2c3ccccc3c3ccc(-c4ccc5c(c4)c4ccccc4n5-c4cc(-c5ccccc5)ccc4-c4ccccc4)cc32)c1. The Hall–Kier alpha value is -7.15. The first kappa shape index (κ1) is 29.7. The van der Waals surface area contributed by atoms with Crippen LogP contribution < -0.4 is 0 Å². The summed E-state index contributed by atoms with van der Waals surface area (Å²) in [6, 6.07) is 69.2. The van der Waals surface area contributed by atoms with E-state index in [0.717, 1.165) is 39.1 Å². The highest BCUT2D eigenvalue weighted by Gasteiger charge is 2.19. The molecular weight excluding hydrogens is 631 g/mol. The number of hydrogen-bond acceptors (Lipinski definition) is 1. The van der Waals surface area contributed by atoms with Crippen LogP contribution in [0.3, 0.4) is 0 Å².